The topological polar surface area (TPSA) is 47.0 Å². The van der Waals surface area contributed by atoms with Crippen LogP contribution in [-0.2, 0) is 0 Å². The van der Waals surface area contributed by atoms with Gasteiger partial charge in [-0.15, -0.1) is 0 Å². The minimum absolute atomic E-state index is 0.143. The van der Waals surface area contributed by atoms with E-state index in [1.165, 1.54) is 13.4 Å². The maximum absolute atomic E-state index is 13.7. The number of benzene rings is 1. The minimum Gasteiger partial charge on any atom is -0.490 e. The van der Waals surface area contributed by atoms with Crippen LogP contribution < -0.4 is 10.1 Å². The number of halogens is 2. The van der Waals surface area contributed by atoms with Crippen molar-refractivity contribution in [1.82, 2.24) is 9.97 Å². The summed E-state index contributed by atoms with van der Waals surface area (Å²) in [4.78, 5) is 8.25. The zero-order valence-corrected chi connectivity index (χ0v) is 11.8. The van der Waals surface area contributed by atoms with Crippen molar-refractivity contribution in [2.24, 2.45) is 0 Å². The number of methoxy groups -OCH3 is 1. The van der Waals surface area contributed by atoms with Crippen LogP contribution in [0.25, 0.3) is 0 Å². The van der Waals surface area contributed by atoms with Crippen molar-refractivity contribution >= 4 is 17.6 Å². The van der Waals surface area contributed by atoms with E-state index in [2.05, 4.69) is 15.3 Å². The molecule has 0 saturated heterocycles. The number of aromatic nitrogens is 2. The zero-order valence-electron chi connectivity index (χ0n) is 11.0. The van der Waals surface area contributed by atoms with Crippen LogP contribution in [0.5, 0.6) is 5.75 Å². The Hall–Kier alpha value is -1.89. The van der Waals surface area contributed by atoms with Crippen LogP contribution >= 0.6 is 11.8 Å². The summed E-state index contributed by atoms with van der Waals surface area (Å²) in [5.74, 6) is -0.0942. The first-order valence-corrected chi connectivity index (χ1v) is 6.73. The van der Waals surface area contributed by atoms with E-state index in [4.69, 9.17) is 4.74 Å². The van der Waals surface area contributed by atoms with E-state index >= 15 is 0 Å². The molecule has 0 aliphatic rings. The lowest BCUT2D eigenvalue weighted by Gasteiger charge is -2.12. The number of hydrogen-bond donors (Lipinski definition) is 1. The number of anilines is 1. The third kappa shape index (κ3) is 3.16. The molecule has 4 nitrogen and oxygen atoms in total. The normalized spacial score (nSPS) is 10.4. The van der Waals surface area contributed by atoms with Gasteiger partial charge in [0.05, 0.1) is 12.0 Å². The van der Waals surface area contributed by atoms with E-state index in [-0.39, 0.29) is 4.90 Å². The Balaban J connectivity index is 2.37. The lowest BCUT2D eigenvalue weighted by molar-refractivity contribution is 0.400. The Morgan fingerprint density at radius 1 is 1.30 bits per heavy atom. The fourth-order valence-electron chi connectivity index (χ4n) is 1.57. The van der Waals surface area contributed by atoms with Crippen molar-refractivity contribution in [3.05, 3.63) is 36.2 Å². The first-order chi connectivity index (χ1) is 9.65. The quantitative estimate of drug-likeness (QED) is 0.858. The average Bonchev–Trinajstić information content (AvgIpc) is 2.43. The van der Waals surface area contributed by atoms with Crippen molar-refractivity contribution in [3.63, 3.8) is 0 Å². The fourth-order valence-corrected chi connectivity index (χ4v) is 2.49. The van der Waals surface area contributed by atoms with E-state index in [0.717, 1.165) is 30.0 Å². The summed E-state index contributed by atoms with van der Waals surface area (Å²) in [6, 6.07) is 3.27. The van der Waals surface area contributed by atoms with Crippen molar-refractivity contribution < 1.29 is 13.5 Å². The summed E-state index contributed by atoms with van der Waals surface area (Å²) >= 11 is 0.988. The molecule has 1 aromatic carbocycles. The molecule has 0 amide bonds. The van der Waals surface area contributed by atoms with Gasteiger partial charge in [-0.1, -0.05) is 11.8 Å². The summed E-state index contributed by atoms with van der Waals surface area (Å²) < 4.78 is 32.1. The molecular formula is C13H13F2N3OS. The number of nitrogens with zero attached hydrogens (tertiary/aromatic N) is 2. The van der Waals surface area contributed by atoms with Crippen LogP contribution in [0.3, 0.4) is 0 Å². The predicted molar refractivity (Wildman–Crippen MR) is 73.2 cm³/mol. The lowest BCUT2D eigenvalue weighted by atomic mass is 10.3. The molecule has 7 heteroatoms. The highest BCUT2D eigenvalue weighted by Gasteiger charge is 2.15. The molecule has 0 unspecified atom stereocenters. The standard InChI is InChI=1S/C13H13F2N3OS/c1-3-16-12-11(19-2)13(18-7-17-12)20-10-6-8(14)4-5-9(10)15/h4-7H,3H2,1-2H3,(H,16,17,18). The van der Waals surface area contributed by atoms with Crippen LogP contribution in [0.1, 0.15) is 6.92 Å². The third-order valence-corrected chi connectivity index (χ3v) is 3.44. The number of ether oxygens (including phenoxy) is 1. The smallest absolute Gasteiger partial charge is 0.194 e. The first kappa shape index (κ1) is 14.5. The third-order valence-electron chi connectivity index (χ3n) is 2.42. The van der Waals surface area contributed by atoms with Gasteiger partial charge >= 0.3 is 0 Å². The van der Waals surface area contributed by atoms with E-state index < -0.39 is 11.6 Å². The van der Waals surface area contributed by atoms with Crippen molar-refractivity contribution in [2.45, 2.75) is 16.8 Å². The molecule has 1 N–H and O–H groups in total. The molecular weight excluding hydrogens is 284 g/mol. The number of rotatable bonds is 5. The van der Waals surface area contributed by atoms with Gasteiger partial charge in [0.2, 0.25) is 0 Å². The van der Waals surface area contributed by atoms with Crippen molar-refractivity contribution in [3.8, 4) is 5.75 Å². The number of nitrogens with one attached hydrogen (secondary N) is 1. The van der Waals surface area contributed by atoms with Gasteiger partial charge in [-0.25, -0.2) is 18.7 Å². The van der Waals surface area contributed by atoms with Crippen molar-refractivity contribution in [1.29, 1.82) is 0 Å². The van der Waals surface area contributed by atoms with Crippen LogP contribution in [-0.4, -0.2) is 23.6 Å². The highest BCUT2D eigenvalue weighted by molar-refractivity contribution is 7.99. The maximum atomic E-state index is 13.7. The molecule has 0 aliphatic heterocycles. The number of hydrogen-bond acceptors (Lipinski definition) is 5. The largest absolute Gasteiger partial charge is 0.490 e. The summed E-state index contributed by atoms with van der Waals surface area (Å²) in [5.41, 5.74) is 0. The molecule has 2 aromatic rings. The van der Waals surface area contributed by atoms with Gasteiger partial charge in [0.15, 0.2) is 11.6 Å². The molecule has 0 radical (unpaired) electrons. The summed E-state index contributed by atoms with van der Waals surface area (Å²) in [7, 11) is 1.48. The van der Waals surface area contributed by atoms with Crippen molar-refractivity contribution in [2.75, 3.05) is 19.0 Å². The molecule has 1 heterocycles. The Morgan fingerprint density at radius 2 is 2.10 bits per heavy atom. The zero-order chi connectivity index (χ0) is 14.5. The van der Waals surface area contributed by atoms with Crippen LogP contribution in [0.15, 0.2) is 34.4 Å². The maximum Gasteiger partial charge on any atom is 0.194 e. The van der Waals surface area contributed by atoms with Gasteiger partial charge in [0.25, 0.3) is 0 Å². The Labute approximate surface area is 119 Å². The first-order valence-electron chi connectivity index (χ1n) is 5.91. The molecule has 106 valence electrons. The van der Waals surface area contributed by atoms with Gasteiger partial charge in [-0.3, -0.25) is 0 Å². The molecule has 0 bridgehead atoms. The Bertz CT molecular complexity index is 610. The summed E-state index contributed by atoms with van der Waals surface area (Å²) in [6.45, 7) is 2.58. The van der Waals surface area contributed by atoms with Gasteiger partial charge in [0.1, 0.15) is 23.0 Å². The monoisotopic (exact) mass is 297 g/mol. The van der Waals surface area contributed by atoms with Crippen LogP contribution in [0, 0.1) is 11.6 Å². The predicted octanol–water partition coefficient (Wildman–Crippen LogP) is 3.35. The van der Waals surface area contributed by atoms with Gasteiger partial charge in [-0.05, 0) is 25.1 Å². The Kier molecular flexibility index (Phi) is 4.73. The second-order valence-corrected chi connectivity index (χ2v) is 4.80. The summed E-state index contributed by atoms with van der Waals surface area (Å²) in [6.07, 6.45) is 1.35. The van der Waals surface area contributed by atoms with Crippen LogP contribution in [0.2, 0.25) is 0 Å². The molecule has 0 saturated carbocycles. The molecule has 0 fully saturated rings. The average molecular weight is 297 g/mol. The fraction of sp³-hybridized carbons (Fsp3) is 0.231. The van der Waals surface area contributed by atoms with Gasteiger partial charge < -0.3 is 10.1 Å². The summed E-state index contributed by atoms with van der Waals surface area (Å²) in [5, 5.41) is 3.44. The van der Waals surface area contributed by atoms with Gasteiger partial charge in [0, 0.05) is 6.54 Å². The van der Waals surface area contributed by atoms with E-state index in [1.54, 1.807) is 0 Å². The molecule has 2 rings (SSSR count). The second-order valence-electron chi connectivity index (χ2n) is 3.77. The van der Waals surface area contributed by atoms with Gasteiger partial charge in [-0.2, -0.15) is 0 Å². The molecule has 1 aromatic heterocycles. The molecule has 20 heavy (non-hydrogen) atoms. The lowest BCUT2D eigenvalue weighted by Crippen LogP contribution is -2.04. The Morgan fingerprint density at radius 3 is 2.80 bits per heavy atom. The van der Waals surface area contributed by atoms with E-state index in [0.29, 0.717) is 23.1 Å². The minimum atomic E-state index is -0.512. The highest BCUT2D eigenvalue weighted by atomic mass is 32.2. The SMILES string of the molecule is CCNc1ncnc(Sc2cc(F)ccc2F)c1OC. The molecule has 0 aliphatic carbocycles. The van der Waals surface area contributed by atoms with E-state index in [9.17, 15) is 8.78 Å². The molecule has 0 spiro atoms. The highest BCUT2D eigenvalue weighted by Crippen LogP contribution is 2.37. The molecule has 0 atom stereocenters. The van der Waals surface area contributed by atoms with Crippen LogP contribution in [0.4, 0.5) is 14.6 Å². The van der Waals surface area contributed by atoms with E-state index in [1.807, 2.05) is 6.92 Å². The second kappa shape index (κ2) is 6.51.